The van der Waals surface area contributed by atoms with Gasteiger partial charge < -0.3 is 10.6 Å². The molecular weight excluding hydrogens is 309 g/mol. The van der Waals surface area contributed by atoms with Crippen molar-refractivity contribution in [3.8, 4) is 0 Å². The lowest BCUT2D eigenvalue weighted by Gasteiger charge is -2.12. The number of aromatic nitrogens is 2. The molecule has 0 aliphatic heterocycles. The zero-order chi connectivity index (χ0) is 16.0. The Balaban J connectivity index is 2.56. The Bertz CT molecular complexity index is 496. The van der Waals surface area contributed by atoms with Gasteiger partial charge in [-0.3, -0.25) is 4.79 Å². The van der Waals surface area contributed by atoms with E-state index in [0.29, 0.717) is 0 Å². The van der Waals surface area contributed by atoms with Crippen LogP contribution in [-0.4, -0.2) is 28.5 Å². The van der Waals surface area contributed by atoms with Crippen molar-refractivity contribution in [2.24, 2.45) is 0 Å². The van der Waals surface area contributed by atoms with E-state index >= 15 is 0 Å². The monoisotopic (exact) mass is 324 g/mol. The second-order valence-corrected chi connectivity index (χ2v) is 4.80. The highest BCUT2D eigenvalue weighted by molar-refractivity contribution is 6.28. The summed E-state index contributed by atoms with van der Waals surface area (Å²) in [4.78, 5) is 18.2. The van der Waals surface area contributed by atoms with Crippen LogP contribution in [0.2, 0.25) is 5.28 Å². The maximum atomic E-state index is 12.5. The number of anilines is 1. The molecule has 5 nitrogen and oxygen atoms in total. The Kier molecular flexibility index (Phi) is 6.19. The second-order valence-electron chi connectivity index (χ2n) is 4.46. The molecule has 0 saturated heterocycles. The maximum Gasteiger partial charge on any atom is 0.433 e. The summed E-state index contributed by atoms with van der Waals surface area (Å²) in [6.07, 6.45) is -3.68. The highest BCUT2D eigenvalue weighted by atomic mass is 35.5. The Morgan fingerprint density at radius 2 is 2.10 bits per heavy atom. The second kappa shape index (κ2) is 7.44. The van der Waals surface area contributed by atoms with Gasteiger partial charge in [0, 0.05) is 25.1 Å². The largest absolute Gasteiger partial charge is 0.433 e. The molecule has 9 heteroatoms. The summed E-state index contributed by atoms with van der Waals surface area (Å²) in [6, 6.07) is 0.807. The molecule has 118 valence electrons. The first-order chi connectivity index (χ1) is 9.72. The number of carbonyl (C=O) groups excluding carboxylic acids is 1. The van der Waals surface area contributed by atoms with Crippen molar-refractivity contribution in [2.45, 2.75) is 38.9 Å². The van der Waals surface area contributed by atoms with Gasteiger partial charge in [0.2, 0.25) is 11.2 Å². The highest BCUT2D eigenvalue weighted by Gasteiger charge is 2.33. The number of hydrogen-bond acceptors (Lipinski definition) is 4. The van der Waals surface area contributed by atoms with Crippen molar-refractivity contribution in [3.05, 3.63) is 17.0 Å². The van der Waals surface area contributed by atoms with Gasteiger partial charge in [0.25, 0.3) is 0 Å². The Labute approximate surface area is 125 Å². The van der Waals surface area contributed by atoms with Crippen molar-refractivity contribution in [3.63, 3.8) is 0 Å². The van der Waals surface area contributed by atoms with Crippen LogP contribution in [-0.2, 0) is 11.0 Å². The van der Waals surface area contributed by atoms with Crippen LogP contribution in [0.5, 0.6) is 0 Å². The average molecular weight is 325 g/mol. The van der Waals surface area contributed by atoms with Gasteiger partial charge in [-0.25, -0.2) is 9.97 Å². The summed E-state index contributed by atoms with van der Waals surface area (Å²) in [7, 11) is 0. The number of halogens is 4. The van der Waals surface area contributed by atoms with Gasteiger partial charge in [-0.15, -0.1) is 0 Å². The summed E-state index contributed by atoms with van der Waals surface area (Å²) < 4.78 is 37.6. The third-order valence-electron chi connectivity index (χ3n) is 2.67. The average Bonchev–Trinajstić information content (AvgIpc) is 2.36. The Morgan fingerprint density at radius 3 is 2.67 bits per heavy atom. The van der Waals surface area contributed by atoms with Crippen molar-refractivity contribution in [2.75, 3.05) is 11.9 Å². The van der Waals surface area contributed by atoms with Crippen LogP contribution in [0.3, 0.4) is 0 Å². The maximum absolute atomic E-state index is 12.5. The molecule has 0 aliphatic carbocycles. The molecule has 0 spiro atoms. The molecule has 0 fully saturated rings. The number of alkyl halides is 3. The van der Waals surface area contributed by atoms with E-state index in [-0.39, 0.29) is 30.7 Å². The Hall–Kier alpha value is -1.57. The number of rotatable bonds is 6. The fraction of sp³-hybridized carbons (Fsp3) is 0.583. The van der Waals surface area contributed by atoms with E-state index < -0.39 is 17.2 Å². The zero-order valence-electron chi connectivity index (χ0n) is 11.6. The molecule has 1 aromatic heterocycles. The smallest absolute Gasteiger partial charge is 0.369 e. The van der Waals surface area contributed by atoms with Crippen molar-refractivity contribution in [1.29, 1.82) is 0 Å². The first-order valence-electron chi connectivity index (χ1n) is 6.37. The van der Waals surface area contributed by atoms with Crippen LogP contribution in [0.1, 0.15) is 32.4 Å². The normalized spacial score (nSPS) is 12.9. The van der Waals surface area contributed by atoms with Crippen LogP contribution in [0, 0.1) is 0 Å². The van der Waals surface area contributed by atoms with Crippen molar-refractivity contribution < 1.29 is 18.0 Å². The van der Waals surface area contributed by atoms with Crippen LogP contribution in [0.4, 0.5) is 19.0 Å². The molecule has 1 atom stereocenters. The topological polar surface area (TPSA) is 66.9 Å². The SMILES string of the molecule is CCC(C)NC(=O)CCNc1cc(C(F)(F)F)nc(Cl)n1. The molecule has 0 aromatic carbocycles. The van der Waals surface area contributed by atoms with Gasteiger partial charge in [-0.05, 0) is 24.9 Å². The fourth-order valence-electron chi connectivity index (χ4n) is 1.41. The quantitative estimate of drug-likeness (QED) is 0.790. The van der Waals surface area contributed by atoms with E-state index in [4.69, 9.17) is 11.6 Å². The zero-order valence-corrected chi connectivity index (χ0v) is 12.3. The van der Waals surface area contributed by atoms with Gasteiger partial charge in [-0.1, -0.05) is 6.92 Å². The van der Waals surface area contributed by atoms with Gasteiger partial charge in [0.05, 0.1) is 0 Å². The third kappa shape index (κ3) is 6.16. The number of hydrogen-bond donors (Lipinski definition) is 2. The summed E-state index contributed by atoms with van der Waals surface area (Å²) in [5, 5.41) is 4.87. The molecule has 21 heavy (non-hydrogen) atoms. The minimum atomic E-state index is -4.60. The van der Waals surface area contributed by atoms with Gasteiger partial charge in [0.1, 0.15) is 5.82 Å². The minimum Gasteiger partial charge on any atom is -0.369 e. The highest BCUT2D eigenvalue weighted by Crippen LogP contribution is 2.29. The minimum absolute atomic E-state index is 0.0582. The summed E-state index contributed by atoms with van der Waals surface area (Å²) in [5.74, 6) is -0.258. The van der Waals surface area contributed by atoms with E-state index in [2.05, 4.69) is 20.6 Å². The Morgan fingerprint density at radius 1 is 1.43 bits per heavy atom. The molecule has 0 bridgehead atoms. The lowest BCUT2D eigenvalue weighted by atomic mass is 10.2. The fourth-order valence-corrected chi connectivity index (χ4v) is 1.59. The first kappa shape index (κ1) is 17.5. The van der Waals surface area contributed by atoms with Crippen LogP contribution in [0.25, 0.3) is 0 Å². The summed E-state index contributed by atoms with van der Waals surface area (Å²) in [5.41, 5.74) is -1.13. The van der Waals surface area contributed by atoms with Crippen molar-refractivity contribution in [1.82, 2.24) is 15.3 Å². The lowest BCUT2D eigenvalue weighted by Crippen LogP contribution is -2.33. The molecule has 0 aliphatic rings. The molecule has 1 unspecified atom stereocenters. The van der Waals surface area contributed by atoms with Crippen LogP contribution < -0.4 is 10.6 Å². The molecule has 2 N–H and O–H groups in total. The number of carbonyl (C=O) groups is 1. The molecule has 1 amide bonds. The third-order valence-corrected chi connectivity index (χ3v) is 2.84. The molecule has 0 radical (unpaired) electrons. The lowest BCUT2D eigenvalue weighted by molar-refractivity contribution is -0.141. The van der Waals surface area contributed by atoms with E-state index in [1.807, 2.05) is 13.8 Å². The number of amides is 1. The van der Waals surface area contributed by atoms with Crippen molar-refractivity contribution >= 4 is 23.3 Å². The van der Waals surface area contributed by atoms with Crippen LogP contribution in [0.15, 0.2) is 6.07 Å². The number of nitrogens with zero attached hydrogens (tertiary/aromatic N) is 2. The van der Waals surface area contributed by atoms with Crippen LogP contribution >= 0.6 is 11.6 Å². The predicted molar refractivity (Wildman–Crippen MR) is 73.0 cm³/mol. The van der Waals surface area contributed by atoms with E-state index in [9.17, 15) is 18.0 Å². The number of nitrogens with one attached hydrogen (secondary N) is 2. The summed E-state index contributed by atoms with van der Waals surface area (Å²) in [6.45, 7) is 3.95. The predicted octanol–water partition coefficient (Wildman–Crippen LogP) is 2.87. The molecule has 1 heterocycles. The van der Waals surface area contributed by atoms with E-state index in [0.717, 1.165) is 12.5 Å². The molecule has 1 aromatic rings. The molecule has 1 rings (SSSR count). The van der Waals surface area contributed by atoms with Gasteiger partial charge in [-0.2, -0.15) is 13.2 Å². The molecular formula is C12H16ClF3N4O. The standard InChI is InChI=1S/C12H16ClF3N4O/c1-3-7(2)18-10(21)4-5-17-9-6-8(12(14,15)16)19-11(13)20-9/h6-7H,3-5H2,1-2H3,(H,18,21)(H,17,19,20). The van der Waals surface area contributed by atoms with E-state index in [1.165, 1.54) is 0 Å². The van der Waals surface area contributed by atoms with Gasteiger partial charge >= 0.3 is 6.18 Å². The van der Waals surface area contributed by atoms with E-state index in [1.54, 1.807) is 0 Å². The summed E-state index contributed by atoms with van der Waals surface area (Å²) >= 11 is 5.44. The van der Waals surface area contributed by atoms with Gasteiger partial charge in [0.15, 0.2) is 5.69 Å². The first-order valence-corrected chi connectivity index (χ1v) is 6.75. The molecule has 0 saturated carbocycles.